The zero-order chi connectivity index (χ0) is 14.8. The fourth-order valence-electron chi connectivity index (χ4n) is 2.33. The molecule has 0 spiro atoms. The van der Waals surface area contributed by atoms with E-state index in [1.807, 2.05) is 6.92 Å². The molecule has 3 aromatic carbocycles. The summed E-state index contributed by atoms with van der Waals surface area (Å²) < 4.78 is 1.07. The zero-order valence-corrected chi connectivity index (χ0v) is 14.1. The second kappa shape index (κ2) is 6.22. The van der Waals surface area contributed by atoms with Crippen LogP contribution in [0.15, 0.2) is 74.9 Å². The number of rotatable bonds is 3. The Morgan fingerprint density at radius 1 is 0.952 bits per heavy atom. The first-order chi connectivity index (χ1) is 10.1. The molecular weight excluding hydrogens is 342 g/mol. The topological polar surface area (TPSA) is 26.0 Å². The first-order valence-corrected chi connectivity index (χ1v) is 8.46. The predicted molar refractivity (Wildman–Crippen MR) is 94.8 cm³/mol. The van der Waals surface area contributed by atoms with E-state index in [1.54, 1.807) is 11.8 Å². The maximum absolute atomic E-state index is 6.09. The number of nitrogens with two attached hydrogens (primary N) is 1. The van der Waals surface area contributed by atoms with Gasteiger partial charge in [0.2, 0.25) is 0 Å². The van der Waals surface area contributed by atoms with Crippen LogP contribution in [0.1, 0.15) is 18.5 Å². The molecule has 0 aliphatic rings. The van der Waals surface area contributed by atoms with Crippen LogP contribution in [0.4, 0.5) is 0 Å². The van der Waals surface area contributed by atoms with Crippen molar-refractivity contribution >= 4 is 38.5 Å². The van der Waals surface area contributed by atoms with E-state index in [9.17, 15) is 0 Å². The second-order valence-electron chi connectivity index (χ2n) is 5.08. The smallest absolute Gasteiger partial charge is 0.0277 e. The average Bonchev–Trinajstić information content (AvgIpc) is 2.49. The Hall–Kier alpha value is -1.29. The van der Waals surface area contributed by atoms with Crippen molar-refractivity contribution in [2.75, 3.05) is 0 Å². The largest absolute Gasteiger partial charge is 0.324 e. The molecule has 3 aromatic rings. The van der Waals surface area contributed by atoms with Crippen molar-refractivity contribution in [1.82, 2.24) is 0 Å². The van der Waals surface area contributed by atoms with Crippen LogP contribution in [0, 0.1) is 0 Å². The molecule has 0 radical (unpaired) electrons. The van der Waals surface area contributed by atoms with Crippen LogP contribution in [-0.4, -0.2) is 0 Å². The third-order valence-corrected chi connectivity index (χ3v) is 4.99. The van der Waals surface area contributed by atoms with Gasteiger partial charge in [-0.2, -0.15) is 0 Å². The lowest BCUT2D eigenvalue weighted by molar-refractivity contribution is 0.796. The lowest BCUT2D eigenvalue weighted by Gasteiger charge is -2.13. The molecular formula is C18H16BrNS. The van der Waals surface area contributed by atoms with Crippen molar-refractivity contribution in [3.05, 3.63) is 70.7 Å². The molecule has 3 rings (SSSR count). The summed E-state index contributed by atoms with van der Waals surface area (Å²) in [5.41, 5.74) is 7.26. The maximum atomic E-state index is 6.09. The van der Waals surface area contributed by atoms with Gasteiger partial charge in [-0.1, -0.05) is 58.0 Å². The molecule has 0 bridgehead atoms. The second-order valence-corrected chi connectivity index (χ2v) is 7.11. The molecule has 0 aromatic heterocycles. The van der Waals surface area contributed by atoms with Crippen LogP contribution in [0.25, 0.3) is 10.8 Å². The summed E-state index contributed by atoms with van der Waals surface area (Å²) in [6.07, 6.45) is 0. The van der Waals surface area contributed by atoms with E-state index in [4.69, 9.17) is 5.73 Å². The van der Waals surface area contributed by atoms with E-state index < -0.39 is 0 Å². The Morgan fingerprint density at radius 3 is 2.48 bits per heavy atom. The highest BCUT2D eigenvalue weighted by molar-refractivity contribution is 9.10. The van der Waals surface area contributed by atoms with Crippen LogP contribution in [-0.2, 0) is 0 Å². The summed E-state index contributed by atoms with van der Waals surface area (Å²) in [7, 11) is 0. The fourth-order valence-corrected chi connectivity index (χ4v) is 3.78. The highest BCUT2D eigenvalue weighted by Crippen LogP contribution is 2.35. The molecule has 106 valence electrons. The molecule has 0 saturated heterocycles. The van der Waals surface area contributed by atoms with Crippen LogP contribution in [0.5, 0.6) is 0 Å². The van der Waals surface area contributed by atoms with Crippen LogP contribution in [0.3, 0.4) is 0 Å². The minimum atomic E-state index is 0.0189. The molecule has 1 atom stereocenters. The van der Waals surface area contributed by atoms with Gasteiger partial charge in [0, 0.05) is 20.3 Å². The standard InChI is InChI=1S/C18H16BrNS/c1-12(20)17-11-15(19)7-9-18(17)21-16-8-6-13-4-2-3-5-14(13)10-16/h2-12H,20H2,1H3. The normalized spacial score (nSPS) is 12.5. The minimum Gasteiger partial charge on any atom is -0.324 e. The van der Waals surface area contributed by atoms with Crippen molar-refractivity contribution < 1.29 is 0 Å². The molecule has 0 fully saturated rings. The first-order valence-electron chi connectivity index (χ1n) is 6.85. The van der Waals surface area contributed by atoms with Gasteiger partial charge in [0.25, 0.3) is 0 Å². The van der Waals surface area contributed by atoms with Gasteiger partial charge in [-0.3, -0.25) is 0 Å². The molecule has 0 aliphatic heterocycles. The van der Waals surface area contributed by atoms with E-state index in [2.05, 4.69) is 76.6 Å². The van der Waals surface area contributed by atoms with Crippen LogP contribution >= 0.6 is 27.7 Å². The Morgan fingerprint density at radius 2 is 1.71 bits per heavy atom. The van der Waals surface area contributed by atoms with Crippen molar-refractivity contribution in [3.63, 3.8) is 0 Å². The Bertz CT molecular complexity index is 783. The van der Waals surface area contributed by atoms with Crippen molar-refractivity contribution in [2.24, 2.45) is 5.73 Å². The molecule has 0 saturated carbocycles. The lowest BCUT2D eigenvalue weighted by atomic mass is 10.1. The van der Waals surface area contributed by atoms with Gasteiger partial charge < -0.3 is 5.73 Å². The Balaban J connectivity index is 1.98. The SMILES string of the molecule is CC(N)c1cc(Br)ccc1Sc1ccc2ccccc2c1. The molecule has 0 heterocycles. The molecule has 21 heavy (non-hydrogen) atoms. The van der Waals surface area contributed by atoms with E-state index >= 15 is 0 Å². The van der Waals surface area contributed by atoms with E-state index in [0.717, 1.165) is 4.47 Å². The number of halogens is 1. The van der Waals surface area contributed by atoms with E-state index in [-0.39, 0.29) is 6.04 Å². The summed E-state index contributed by atoms with van der Waals surface area (Å²) in [5.74, 6) is 0. The predicted octanol–water partition coefficient (Wildman–Crippen LogP) is 5.77. The number of hydrogen-bond donors (Lipinski definition) is 1. The highest BCUT2D eigenvalue weighted by Gasteiger charge is 2.09. The fraction of sp³-hybridized carbons (Fsp3) is 0.111. The van der Waals surface area contributed by atoms with Crippen molar-refractivity contribution in [3.8, 4) is 0 Å². The summed E-state index contributed by atoms with van der Waals surface area (Å²) in [4.78, 5) is 2.45. The average molecular weight is 358 g/mol. The third-order valence-electron chi connectivity index (χ3n) is 3.41. The van der Waals surface area contributed by atoms with Gasteiger partial charge in [0.05, 0.1) is 0 Å². The molecule has 0 aliphatic carbocycles. The van der Waals surface area contributed by atoms with Gasteiger partial charge in [-0.15, -0.1) is 0 Å². The summed E-state index contributed by atoms with van der Waals surface area (Å²) in [5, 5.41) is 2.53. The van der Waals surface area contributed by atoms with Crippen LogP contribution in [0.2, 0.25) is 0 Å². The molecule has 3 heteroatoms. The van der Waals surface area contributed by atoms with Gasteiger partial charge in [-0.05, 0) is 53.6 Å². The lowest BCUT2D eigenvalue weighted by Crippen LogP contribution is -2.06. The summed E-state index contributed by atoms with van der Waals surface area (Å²) in [6, 6.07) is 21.3. The molecule has 2 N–H and O–H groups in total. The van der Waals surface area contributed by atoms with E-state index in [1.165, 1.54) is 26.1 Å². The monoisotopic (exact) mass is 357 g/mol. The van der Waals surface area contributed by atoms with E-state index in [0.29, 0.717) is 0 Å². The van der Waals surface area contributed by atoms with Crippen LogP contribution < -0.4 is 5.73 Å². The Kier molecular flexibility index (Phi) is 4.34. The van der Waals surface area contributed by atoms with Gasteiger partial charge in [0.15, 0.2) is 0 Å². The highest BCUT2D eigenvalue weighted by atomic mass is 79.9. The van der Waals surface area contributed by atoms with Crippen molar-refractivity contribution in [1.29, 1.82) is 0 Å². The maximum Gasteiger partial charge on any atom is 0.0277 e. The summed E-state index contributed by atoms with van der Waals surface area (Å²) >= 11 is 5.28. The quantitative estimate of drug-likeness (QED) is 0.643. The summed E-state index contributed by atoms with van der Waals surface area (Å²) in [6.45, 7) is 2.02. The van der Waals surface area contributed by atoms with Gasteiger partial charge in [-0.25, -0.2) is 0 Å². The number of fused-ring (bicyclic) bond motifs is 1. The molecule has 0 amide bonds. The van der Waals surface area contributed by atoms with Crippen molar-refractivity contribution in [2.45, 2.75) is 22.8 Å². The van der Waals surface area contributed by atoms with Gasteiger partial charge >= 0.3 is 0 Å². The number of hydrogen-bond acceptors (Lipinski definition) is 2. The first kappa shape index (κ1) is 14.6. The molecule has 1 unspecified atom stereocenters. The number of benzene rings is 3. The minimum absolute atomic E-state index is 0.0189. The third kappa shape index (κ3) is 3.31. The Labute approximate surface area is 137 Å². The molecule has 1 nitrogen and oxygen atoms in total. The van der Waals surface area contributed by atoms with Gasteiger partial charge in [0.1, 0.15) is 0 Å². The zero-order valence-electron chi connectivity index (χ0n) is 11.7.